The first-order valence-corrected chi connectivity index (χ1v) is 8.37. The largest absolute Gasteiger partial charge is 0.384 e. The smallest absolute Gasteiger partial charge is 0.251 e. The molecular formula is C17H18N2OS. The fourth-order valence-electron chi connectivity index (χ4n) is 3.18. The van der Waals surface area contributed by atoms with Crippen LogP contribution in [0, 0.1) is 0 Å². The Morgan fingerprint density at radius 2 is 2.14 bits per heavy atom. The van der Waals surface area contributed by atoms with Gasteiger partial charge in [0.05, 0.1) is 6.54 Å². The first-order valence-electron chi connectivity index (χ1n) is 7.55. The van der Waals surface area contributed by atoms with Crippen LogP contribution in [0.25, 0.3) is 0 Å². The number of rotatable bonds is 3. The number of hydrogen-bond donors (Lipinski definition) is 2. The zero-order chi connectivity index (χ0) is 14.2. The number of aryl methyl sites for hydroxylation is 2. The first-order chi connectivity index (χ1) is 10.3. The van der Waals surface area contributed by atoms with E-state index in [-0.39, 0.29) is 5.91 Å². The third kappa shape index (κ3) is 2.44. The molecule has 1 amide bonds. The van der Waals surface area contributed by atoms with Gasteiger partial charge in [0.1, 0.15) is 0 Å². The number of amides is 1. The summed E-state index contributed by atoms with van der Waals surface area (Å²) in [6, 6.07) is 8.21. The third-order valence-corrected chi connectivity index (χ3v) is 5.54. The standard InChI is InChI=1S/C17H18N2OS/c20-17(13-5-4-11-6-7-18-15(11)9-13)19-10-14-8-12-2-1-3-16(12)21-14/h4-5,8-9,18H,1-3,6-7,10H2,(H,19,20). The summed E-state index contributed by atoms with van der Waals surface area (Å²) in [6.07, 6.45) is 4.76. The van der Waals surface area contributed by atoms with Gasteiger partial charge >= 0.3 is 0 Å². The molecule has 0 bridgehead atoms. The van der Waals surface area contributed by atoms with Gasteiger partial charge in [-0.3, -0.25) is 4.79 Å². The molecule has 2 N–H and O–H groups in total. The van der Waals surface area contributed by atoms with E-state index >= 15 is 0 Å². The van der Waals surface area contributed by atoms with E-state index in [2.05, 4.69) is 22.8 Å². The minimum atomic E-state index is 0.0139. The number of carbonyl (C=O) groups is 1. The Morgan fingerprint density at radius 1 is 1.19 bits per heavy atom. The maximum atomic E-state index is 12.3. The molecule has 1 aliphatic heterocycles. The van der Waals surface area contributed by atoms with Gasteiger partial charge in [-0.1, -0.05) is 6.07 Å². The van der Waals surface area contributed by atoms with Crippen molar-refractivity contribution in [3.63, 3.8) is 0 Å². The lowest BCUT2D eigenvalue weighted by molar-refractivity contribution is 0.0951. The molecule has 0 fully saturated rings. The van der Waals surface area contributed by atoms with Gasteiger partial charge in [-0.15, -0.1) is 11.3 Å². The van der Waals surface area contributed by atoms with Gasteiger partial charge in [-0.2, -0.15) is 0 Å². The molecule has 3 nitrogen and oxygen atoms in total. The molecule has 0 radical (unpaired) electrons. The quantitative estimate of drug-likeness (QED) is 0.914. The Morgan fingerprint density at radius 3 is 3.05 bits per heavy atom. The van der Waals surface area contributed by atoms with Gasteiger partial charge in [-0.05, 0) is 55.0 Å². The van der Waals surface area contributed by atoms with Crippen molar-refractivity contribution in [2.75, 3.05) is 11.9 Å². The SMILES string of the molecule is O=C(NCc1cc2c(s1)CCC2)c1ccc2c(c1)NCC2. The van der Waals surface area contributed by atoms with Crippen molar-refractivity contribution in [1.82, 2.24) is 5.32 Å². The molecule has 4 rings (SSSR count). The summed E-state index contributed by atoms with van der Waals surface area (Å²) in [4.78, 5) is 15.0. The van der Waals surface area contributed by atoms with Gasteiger partial charge in [0.25, 0.3) is 5.91 Å². The minimum absolute atomic E-state index is 0.0139. The summed E-state index contributed by atoms with van der Waals surface area (Å²) in [7, 11) is 0. The predicted molar refractivity (Wildman–Crippen MR) is 86.1 cm³/mol. The Labute approximate surface area is 128 Å². The summed E-state index contributed by atoms with van der Waals surface area (Å²) in [5.41, 5.74) is 4.65. The highest BCUT2D eigenvalue weighted by atomic mass is 32.1. The molecule has 0 saturated heterocycles. The van der Waals surface area contributed by atoms with E-state index in [1.165, 1.54) is 40.1 Å². The Bertz CT molecular complexity index is 683. The summed E-state index contributed by atoms with van der Waals surface area (Å²) in [5.74, 6) is 0.0139. The maximum absolute atomic E-state index is 12.3. The molecular weight excluding hydrogens is 280 g/mol. The van der Waals surface area contributed by atoms with Crippen molar-refractivity contribution >= 4 is 22.9 Å². The molecule has 0 spiro atoms. The number of fused-ring (bicyclic) bond motifs is 2. The summed E-state index contributed by atoms with van der Waals surface area (Å²) in [6.45, 7) is 1.61. The minimum Gasteiger partial charge on any atom is -0.384 e. The maximum Gasteiger partial charge on any atom is 0.251 e. The average molecular weight is 298 g/mol. The average Bonchev–Trinajstić information content (AvgIpc) is 3.18. The fourth-order valence-corrected chi connectivity index (χ4v) is 4.38. The van der Waals surface area contributed by atoms with Crippen molar-refractivity contribution in [3.8, 4) is 0 Å². The van der Waals surface area contributed by atoms with Gasteiger partial charge in [0.2, 0.25) is 0 Å². The van der Waals surface area contributed by atoms with E-state index in [9.17, 15) is 4.79 Å². The molecule has 21 heavy (non-hydrogen) atoms. The lowest BCUT2D eigenvalue weighted by Crippen LogP contribution is -2.22. The highest BCUT2D eigenvalue weighted by molar-refractivity contribution is 7.12. The van der Waals surface area contributed by atoms with Crippen LogP contribution in [-0.4, -0.2) is 12.5 Å². The monoisotopic (exact) mass is 298 g/mol. The van der Waals surface area contributed by atoms with Crippen LogP contribution in [0.1, 0.15) is 37.7 Å². The van der Waals surface area contributed by atoms with Crippen LogP contribution in [0.5, 0.6) is 0 Å². The third-order valence-electron chi connectivity index (χ3n) is 4.30. The lowest BCUT2D eigenvalue weighted by atomic mass is 10.1. The van der Waals surface area contributed by atoms with E-state index in [4.69, 9.17) is 0 Å². The Kier molecular flexibility index (Phi) is 3.19. The number of anilines is 1. The summed E-state index contributed by atoms with van der Waals surface area (Å²) >= 11 is 1.85. The van der Waals surface area contributed by atoms with E-state index < -0.39 is 0 Å². The summed E-state index contributed by atoms with van der Waals surface area (Å²) < 4.78 is 0. The van der Waals surface area contributed by atoms with Crippen LogP contribution in [0.4, 0.5) is 5.69 Å². The van der Waals surface area contributed by atoms with Crippen LogP contribution in [0.15, 0.2) is 24.3 Å². The fraction of sp³-hybridized carbons (Fsp3) is 0.353. The molecule has 0 unspecified atom stereocenters. The van der Waals surface area contributed by atoms with Crippen LogP contribution in [0.3, 0.4) is 0 Å². The second-order valence-corrected chi connectivity index (χ2v) is 6.97. The van der Waals surface area contributed by atoms with Crippen LogP contribution >= 0.6 is 11.3 Å². The van der Waals surface area contributed by atoms with Gasteiger partial charge in [-0.25, -0.2) is 0 Å². The first kappa shape index (κ1) is 12.9. The topological polar surface area (TPSA) is 41.1 Å². The second-order valence-electron chi connectivity index (χ2n) is 5.75. The molecule has 1 aromatic heterocycles. The van der Waals surface area contributed by atoms with Crippen LogP contribution in [-0.2, 0) is 25.8 Å². The van der Waals surface area contributed by atoms with Crippen molar-refractivity contribution in [2.45, 2.75) is 32.2 Å². The molecule has 0 saturated carbocycles. The molecule has 1 aromatic carbocycles. The normalized spacial score (nSPS) is 15.4. The van der Waals surface area contributed by atoms with Gasteiger partial charge in [0.15, 0.2) is 0 Å². The van der Waals surface area contributed by atoms with Crippen molar-refractivity contribution in [2.24, 2.45) is 0 Å². The molecule has 1 aliphatic carbocycles. The number of benzene rings is 1. The van der Waals surface area contributed by atoms with Crippen molar-refractivity contribution < 1.29 is 4.79 Å². The molecule has 0 atom stereocenters. The number of nitrogens with one attached hydrogen (secondary N) is 2. The second kappa shape index (κ2) is 5.19. The lowest BCUT2D eigenvalue weighted by Gasteiger charge is -2.06. The molecule has 2 heterocycles. The number of thiophene rings is 1. The predicted octanol–water partition coefficient (Wildman–Crippen LogP) is 3.13. The zero-order valence-corrected chi connectivity index (χ0v) is 12.7. The molecule has 4 heteroatoms. The van der Waals surface area contributed by atoms with Gasteiger partial charge < -0.3 is 10.6 Å². The Hall–Kier alpha value is -1.81. The molecule has 2 aromatic rings. The number of hydrogen-bond acceptors (Lipinski definition) is 3. The van der Waals surface area contributed by atoms with Crippen LogP contribution in [0.2, 0.25) is 0 Å². The van der Waals surface area contributed by atoms with Crippen molar-refractivity contribution in [3.05, 3.63) is 50.7 Å². The summed E-state index contributed by atoms with van der Waals surface area (Å²) in [5, 5.41) is 6.36. The van der Waals surface area contributed by atoms with E-state index in [0.717, 1.165) is 24.2 Å². The number of carbonyl (C=O) groups excluding carboxylic acids is 1. The van der Waals surface area contributed by atoms with Gasteiger partial charge in [0, 0.05) is 27.5 Å². The van der Waals surface area contributed by atoms with E-state index in [1.807, 2.05) is 23.5 Å². The van der Waals surface area contributed by atoms with Crippen molar-refractivity contribution in [1.29, 1.82) is 0 Å². The highest BCUT2D eigenvalue weighted by Crippen LogP contribution is 2.30. The molecule has 2 aliphatic rings. The highest BCUT2D eigenvalue weighted by Gasteiger charge is 2.16. The zero-order valence-electron chi connectivity index (χ0n) is 11.9. The van der Waals surface area contributed by atoms with E-state index in [1.54, 1.807) is 0 Å². The van der Waals surface area contributed by atoms with Crippen LogP contribution < -0.4 is 10.6 Å². The van der Waals surface area contributed by atoms with E-state index in [0.29, 0.717) is 6.54 Å². The molecule has 108 valence electrons. The Balaban J connectivity index is 1.43.